The molecular formula is C19H22O7. The number of hydrogen-bond acceptors (Lipinski definition) is 6. The van der Waals surface area contributed by atoms with Gasteiger partial charge in [0.15, 0.2) is 28.8 Å². The molecule has 0 radical (unpaired) electrons. The minimum Gasteiger partial charge on any atom is -0.504 e. The lowest BCUT2D eigenvalue weighted by Gasteiger charge is -2.07. The maximum atomic E-state index is 11.0. The first-order chi connectivity index (χ1) is 12.1. The Morgan fingerprint density at radius 2 is 1.19 bits per heavy atom. The lowest BCUT2D eigenvalue weighted by atomic mass is 10.1. The predicted molar refractivity (Wildman–Crippen MR) is 95.8 cm³/mol. The van der Waals surface area contributed by atoms with E-state index in [-0.39, 0.29) is 28.6 Å². The highest BCUT2D eigenvalue weighted by molar-refractivity contribution is 5.95. The Bertz CT molecular complexity index is 756. The van der Waals surface area contributed by atoms with Crippen LogP contribution in [-0.2, 0) is 0 Å². The highest BCUT2D eigenvalue weighted by atomic mass is 16.5. The average molecular weight is 362 g/mol. The predicted octanol–water partition coefficient (Wildman–Crippen LogP) is 3.32. The summed E-state index contributed by atoms with van der Waals surface area (Å²) in [5, 5.41) is 27.5. The number of phenolic OH excluding ortho intramolecular Hbond substituents is 2. The summed E-state index contributed by atoms with van der Waals surface area (Å²) in [7, 11) is 2.83. The van der Waals surface area contributed by atoms with Crippen LogP contribution in [0.2, 0.25) is 0 Å². The van der Waals surface area contributed by atoms with Crippen LogP contribution in [0.5, 0.6) is 23.0 Å². The molecule has 0 unspecified atom stereocenters. The van der Waals surface area contributed by atoms with Crippen LogP contribution in [0.1, 0.15) is 38.8 Å². The van der Waals surface area contributed by atoms with Gasteiger partial charge in [-0.05, 0) is 56.2 Å². The Kier molecular flexibility index (Phi) is 7.01. The number of methoxy groups -OCH3 is 2. The Morgan fingerprint density at radius 1 is 0.808 bits per heavy atom. The van der Waals surface area contributed by atoms with Crippen molar-refractivity contribution in [2.45, 2.75) is 20.8 Å². The molecule has 2 aromatic rings. The van der Waals surface area contributed by atoms with Gasteiger partial charge in [-0.15, -0.1) is 0 Å². The van der Waals surface area contributed by atoms with Crippen LogP contribution < -0.4 is 9.47 Å². The van der Waals surface area contributed by atoms with Gasteiger partial charge in [-0.3, -0.25) is 4.79 Å². The second kappa shape index (κ2) is 8.75. The van der Waals surface area contributed by atoms with E-state index in [4.69, 9.17) is 14.6 Å². The molecule has 0 spiro atoms. The summed E-state index contributed by atoms with van der Waals surface area (Å²) in [6.45, 7) is 4.82. The number of aromatic hydroxyl groups is 2. The first kappa shape index (κ1) is 20.8. The fraction of sp³-hybridized carbons (Fsp3) is 0.263. The molecule has 140 valence electrons. The third-order valence-corrected chi connectivity index (χ3v) is 3.62. The summed E-state index contributed by atoms with van der Waals surface area (Å²) >= 11 is 0. The van der Waals surface area contributed by atoms with E-state index in [2.05, 4.69) is 0 Å². The minimum atomic E-state index is -1.04. The number of Topliss-reactive ketones (excluding diaryl/α,β-unsaturated/α-hetero) is 1. The summed E-state index contributed by atoms with van der Waals surface area (Å²) in [4.78, 5) is 21.6. The number of carbonyl (C=O) groups is 2. The number of benzene rings is 2. The van der Waals surface area contributed by atoms with Crippen molar-refractivity contribution >= 4 is 11.8 Å². The molecule has 0 amide bonds. The van der Waals surface area contributed by atoms with E-state index in [1.165, 1.54) is 39.3 Å². The molecule has 0 aliphatic rings. The normalized spacial score (nSPS) is 9.73. The van der Waals surface area contributed by atoms with Crippen molar-refractivity contribution in [2.75, 3.05) is 14.2 Å². The van der Waals surface area contributed by atoms with Gasteiger partial charge in [0.2, 0.25) is 0 Å². The molecule has 3 N–H and O–H groups in total. The largest absolute Gasteiger partial charge is 0.504 e. The monoisotopic (exact) mass is 362 g/mol. The van der Waals surface area contributed by atoms with Crippen molar-refractivity contribution in [3.63, 3.8) is 0 Å². The van der Waals surface area contributed by atoms with Gasteiger partial charge in [0.25, 0.3) is 0 Å². The number of carboxylic acids is 1. The number of phenols is 2. The molecule has 7 nitrogen and oxygen atoms in total. The second-order valence-electron chi connectivity index (χ2n) is 5.55. The van der Waals surface area contributed by atoms with Crippen molar-refractivity contribution in [1.82, 2.24) is 0 Å². The molecule has 0 aromatic heterocycles. The summed E-state index contributed by atoms with van der Waals surface area (Å²) in [6, 6.07) is 5.84. The van der Waals surface area contributed by atoms with E-state index in [9.17, 15) is 19.8 Å². The average Bonchev–Trinajstić information content (AvgIpc) is 2.59. The molecular weight excluding hydrogens is 340 g/mol. The van der Waals surface area contributed by atoms with Gasteiger partial charge in [0, 0.05) is 5.56 Å². The van der Waals surface area contributed by atoms with Crippen molar-refractivity contribution in [2.24, 2.45) is 0 Å². The Labute approximate surface area is 151 Å². The molecule has 0 heterocycles. The van der Waals surface area contributed by atoms with Crippen LogP contribution in [0.3, 0.4) is 0 Å². The fourth-order valence-electron chi connectivity index (χ4n) is 2.13. The van der Waals surface area contributed by atoms with Gasteiger partial charge < -0.3 is 24.8 Å². The number of carboxylic acid groups (broad SMARTS) is 1. The SMILES string of the molecule is COc1cc(C(=O)O)cc(C)c1O.COc1cc(C(C)=O)cc(C)c1O. The molecule has 26 heavy (non-hydrogen) atoms. The smallest absolute Gasteiger partial charge is 0.335 e. The van der Waals surface area contributed by atoms with Gasteiger partial charge in [0.05, 0.1) is 19.8 Å². The van der Waals surface area contributed by atoms with Gasteiger partial charge in [-0.2, -0.15) is 0 Å². The second-order valence-corrected chi connectivity index (χ2v) is 5.55. The first-order valence-electron chi connectivity index (χ1n) is 7.61. The summed E-state index contributed by atoms with van der Waals surface area (Å²) in [5.74, 6) is -0.495. The van der Waals surface area contributed by atoms with Gasteiger partial charge in [0.1, 0.15) is 0 Å². The molecule has 2 rings (SSSR count). The standard InChI is InChI=1S/C10H12O3.C9H10O4/c1-6-4-8(7(2)11)5-9(13-3)10(6)12;1-5-3-6(9(11)12)4-7(13-2)8(5)10/h4-5,12H,1-3H3;3-4,10H,1-2H3,(H,11,12). The van der Waals surface area contributed by atoms with Gasteiger partial charge in [-0.1, -0.05) is 0 Å². The summed E-state index contributed by atoms with van der Waals surface area (Å²) in [5.41, 5.74) is 1.78. The third kappa shape index (κ3) is 4.89. The zero-order valence-electron chi connectivity index (χ0n) is 15.3. The van der Waals surface area contributed by atoms with E-state index in [0.29, 0.717) is 22.4 Å². The number of aromatic carboxylic acids is 1. The number of carbonyl (C=O) groups excluding carboxylic acids is 1. The van der Waals surface area contributed by atoms with Crippen LogP contribution in [0.25, 0.3) is 0 Å². The molecule has 2 aromatic carbocycles. The van der Waals surface area contributed by atoms with Crippen LogP contribution >= 0.6 is 0 Å². The van der Waals surface area contributed by atoms with Crippen molar-refractivity contribution < 1.29 is 34.4 Å². The third-order valence-electron chi connectivity index (χ3n) is 3.62. The fourth-order valence-corrected chi connectivity index (χ4v) is 2.13. The van der Waals surface area contributed by atoms with Crippen molar-refractivity contribution in [3.8, 4) is 23.0 Å². The lowest BCUT2D eigenvalue weighted by molar-refractivity contribution is 0.0696. The summed E-state index contributed by atoms with van der Waals surface area (Å²) in [6.07, 6.45) is 0. The zero-order valence-corrected chi connectivity index (χ0v) is 15.3. The van der Waals surface area contributed by atoms with Gasteiger partial charge >= 0.3 is 5.97 Å². The van der Waals surface area contributed by atoms with Crippen molar-refractivity contribution in [1.29, 1.82) is 0 Å². The zero-order chi connectivity index (χ0) is 20.0. The topological polar surface area (TPSA) is 113 Å². The summed E-state index contributed by atoms with van der Waals surface area (Å²) < 4.78 is 9.72. The number of hydrogen-bond donors (Lipinski definition) is 3. The van der Waals surface area contributed by atoms with Crippen LogP contribution in [-0.4, -0.2) is 41.3 Å². The molecule has 0 saturated heterocycles. The molecule has 0 atom stereocenters. The van der Waals surface area contributed by atoms with Crippen LogP contribution in [0, 0.1) is 13.8 Å². The van der Waals surface area contributed by atoms with E-state index >= 15 is 0 Å². The Morgan fingerprint density at radius 3 is 1.54 bits per heavy atom. The molecule has 0 saturated carbocycles. The number of rotatable bonds is 4. The van der Waals surface area contributed by atoms with E-state index in [1.54, 1.807) is 19.9 Å². The molecule has 0 fully saturated rings. The number of ketones is 1. The minimum absolute atomic E-state index is 0.0208. The molecule has 0 aliphatic carbocycles. The number of aryl methyl sites for hydroxylation is 2. The van der Waals surface area contributed by atoms with E-state index in [0.717, 1.165) is 0 Å². The van der Waals surface area contributed by atoms with Crippen LogP contribution in [0.15, 0.2) is 24.3 Å². The maximum absolute atomic E-state index is 11.0. The maximum Gasteiger partial charge on any atom is 0.335 e. The van der Waals surface area contributed by atoms with Crippen molar-refractivity contribution in [3.05, 3.63) is 46.5 Å². The first-order valence-corrected chi connectivity index (χ1v) is 7.61. The highest BCUT2D eigenvalue weighted by Crippen LogP contribution is 2.31. The molecule has 0 bridgehead atoms. The highest BCUT2D eigenvalue weighted by Gasteiger charge is 2.11. The van der Waals surface area contributed by atoms with Crippen LogP contribution in [0.4, 0.5) is 0 Å². The van der Waals surface area contributed by atoms with E-state index in [1.807, 2.05) is 0 Å². The van der Waals surface area contributed by atoms with Gasteiger partial charge in [-0.25, -0.2) is 4.79 Å². The quantitative estimate of drug-likeness (QED) is 0.715. The lowest BCUT2D eigenvalue weighted by Crippen LogP contribution is -1.98. The van der Waals surface area contributed by atoms with E-state index < -0.39 is 5.97 Å². The number of ether oxygens (including phenoxy) is 2. The molecule has 0 aliphatic heterocycles. The Hall–Kier alpha value is -3.22. The molecule has 7 heteroatoms. The Balaban J connectivity index is 0.000000260.